The summed E-state index contributed by atoms with van der Waals surface area (Å²) in [4.78, 5) is 14.1. The molecule has 0 radical (unpaired) electrons. The van der Waals surface area contributed by atoms with Gasteiger partial charge >= 0.3 is 5.97 Å². The average molecular weight is 517 g/mol. The second-order valence-corrected chi connectivity index (χ2v) is 9.15. The van der Waals surface area contributed by atoms with Gasteiger partial charge in [-0.15, -0.1) is 0 Å². The summed E-state index contributed by atoms with van der Waals surface area (Å²) in [5.74, 6) is -3.91. The van der Waals surface area contributed by atoms with E-state index in [4.69, 9.17) is 0 Å². The fourth-order valence-corrected chi connectivity index (χ4v) is 4.99. The van der Waals surface area contributed by atoms with Crippen molar-refractivity contribution >= 4 is 43.9 Å². The number of aryl methyl sites for hydroxylation is 1. The van der Waals surface area contributed by atoms with Crippen molar-refractivity contribution in [1.29, 1.82) is 0 Å². The Labute approximate surface area is 187 Å². The van der Waals surface area contributed by atoms with Gasteiger partial charge in [0, 0.05) is 24.5 Å². The van der Waals surface area contributed by atoms with E-state index in [2.05, 4.69) is 15.9 Å². The maximum Gasteiger partial charge on any atom is 0.338 e. The lowest BCUT2D eigenvalue weighted by molar-refractivity contribution is 0.0697. The summed E-state index contributed by atoms with van der Waals surface area (Å²) in [6.07, 6.45) is 0. The van der Waals surface area contributed by atoms with E-state index in [0.717, 1.165) is 18.2 Å². The second kappa shape index (κ2) is 8.65. The molecule has 0 bridgehead atoms. The Balaban J connectivity index is 2.47. The molecule has 166 valence electrons. The standard InChI is InChI=1S/C20H19BrF2N2O5S/c1-24(2)8-10-15-14(7-11(21)18(10)26)25(3)17(16(15)20(27)28)19(31(29)30)9-4-5-12(22)13(23)6-9/h4-7,19,26H,8H2,1-3H3,(H,27,28)(H,29,30). The summed E-state index contributed by atoms with van der Waals surface area (Å²) >= 11 is 0.591. The number of hydrogen-bond acceptors (Lipinski definition) is 4. The van der Waals surface area contributed by atoms with Crippen LogP contribution in [0.1, 0.15) is 32.4 Å². The maximum atomic E-state index is 13.9. The molecule has 0 spiro atoms. The third-order valence-electron chi connectivity index (χ3n) is 4.95. The highest BCUT2D eigenvalue weighted by atomic mass is 79.9. The van der Waals surface area contributed by atoms with Crippen molar-refractivity contribution in [3.8, 4) is 5.75 Å². The molecule has 0 fully saturated rings. The van der Waals surface area contributed by atoms with Crippen molar-refractivity contribution in [3.63, 3.8) is 0 Å². The molecule has 2 aromatic carbocycles. The van der Waals surface area contributed by atoms with Gasteiger partial charge in [-0.2, -0.15) is 0 Å². The first-order valence-electron chi connectivity index (χ1n) is 8.90. The lowest BCUT2D eigenvalue weighted by Gasteiger charge is -2.17. The molecule has 1 heterocycles. The number of phenolic OH excluding ortho intramolecular Hbond substituents is 1. The van der Waals surface area contributed by atoms with Gasteiger partial charge in [0.15, 0.2) is 22.7 Å². The zero-order chi connectivity index (χ0) is 23.2. The Morgan fingerprint density at radius 3 is 2.42 bits per heavy atom. The largest absolute Gasteiger partial charge is 0.506 e. The van der Waals surface area contributed by atoms with Crippen LogP contribution in [-0.4, -0.2) is 48.5 Å². The number of aromatic carboxylic acids is 1. The van der Waals surface area contributed by atoms with Crippen molar-refractivity contribution in [2.45, 2.75) is 11.8 Å². The third kappa shape index (κ3) is 4.10. The quantitative estimate of drug-likeness (QED) is 0.428. The van der Waals surface area contributed by atoms with E-state index in [1.165, 1.54) is 17.7 Å². The van der Waals surface area contributed by atoms with Crippen LogP contribution >= 0.6 is 15.9 Å². The Morgan fingerprint density at radius 1 is 1.26 bits per heavy atom. The highest BCUT2D eigenvalue weighted by Crippen LogP contribution is 2.43. The van der Waals surface area contributed by atoms with Gasteiger partial charge < -0.3 is 24.2 Å². The number of aromatic hydroxyl groups is 1. The monoisotopic (exact) mass is 516 g/mol. The van der Waals surface area contributed by atoms with Crippen LogP contribution in [0.25, 0.3) is 10.9 Å². The van der Waals surface area contributed by atoms with E-state index in [0.29, 0.717) is 15.6 Å². The van der Waals surface area contributed by atoms with Gasteiger partial charge in [0.05, 0.1) is 21.2 Å². The van der Waals surface area contributed by atoms with Gasteiger partial charge in [0.2, 0.25) is 0 Å². The van der Waals surface area contributed by atoms with Gasteiger partial charge in [-0.05, 0) is 53.8 Å². The molecule has 3 rings (SSSR count). The van der Waals surface area contributed by atoms with Gasteiger partial charge in [0.25, 0.3) is 0 Å². The Bertz CT molecular complexity index is 1230. The van der Waals surface area contributed by atoms with Crippen LogP contribution in [0, 0.1) is 11.6 Å². The molecule has 31 heavy (non-hydrogen) atoms. The van der Waals surface area contributed by atoms with E-state index in [1.54, 1.807) is 19.0 Å². The van der Waals surface area contributed by atoms with E-state index < -0.39 is 33.9 Å². The average Bonchev–Trinajstić information content (AvgIpc) is 2.94. The second-order valence-electron chi connectivity index (χ2n) is 7.27. The van der Waals surface area contributed by atoms with Crippen molar-refractivity contribution in [1.82, 2.24) is 9.47 Å². The van der Waals surface area contributed by atoms with Crippen molar-refractivity contribution in [3.05, 3.63) is 62.8 Å². The molecule has 2 atom stereocenters. The number of carboxylic acid groups (broad SMARTS) is 1. The normalized spacial score (nSPS) is 13.7. The first-order valence-corrected chi connectivity index (χ1v) is 10.9. The number of benzene rings is 2. The minimum Gasteiger partial charge on any atom is -0.506 e. The van der Waals surface area contributed by atoms with Gasteiger partial charge in [-0.25, -0.2) is 17.8 Å². The molecule has 11 heteroatoms. The van der Waals surface area contributed by atoms with Crippen LogP contribution in [0.15, 0.2) is 28.7 Å². The number of phenols is 1. The van der Waals surface area contributed by atoms with Gasteiger partial charge in [-0.3, -0.25) is 0 Å². The number of halogens is 3. The van der Waals surface area contributed by atoms with Crippen LogP contribution in [0.3, 0.4) is 0 Å². The smallest absolute Gasteiger partial charge is 0.338 e. The minimum absolute atomic E-state index is 0.0643. The van der Waals surface area contributed by atoms with Crippen molar-refractivity contribution in [2.24, 2.45) is 7.05 Å². The molecule has 3 aromatic rings. The fourth-order valence-electron chi connectivity index (χ4n) is 3.69. The SMILES string of the molecule is CN(C)Cc1c(O)c(Br)cc2c1c(C(=O)O)c(C(c1ccc(F)c(F)c1)S(=O)O)n2C. The predicted molar refractivity (Wildman–Crippen MR) is 116 cm³/mol. The zero-order valence-electron chi connectivity index (χ0n) is 16.7. The minimum atomic E-state index is -2.67. The fraction of sp³-hybridized carbons (Fsp3) is 0.250. The molecule has 3 N–H and O–H groups in total. The molecular formula is C20H19BrF2N2O5S. The summed E-state index contributed by atoms with van der Waals surface area (Å²) < 4.78 is 51.4. The Kier molecular flexibility index (Phi) is 6.51. The summed E-state index contributed by atoms with van der Waals surface area (Å²) in [5.41, 5.74) is 0.250. The van der Waals surface area contributed by atoms with Crippen LogP contribution in [0.5, 0.6) is 5.75 Å². The van der Waals surface area contributed by atoms with Crippen LogP contribution in [0.2, 0.25) is 0 Å². The Hall–Kier alpha value is -2.34. The third-order valence-corrected chi connectivity index (χ3v) is 6.45. The topological polar surface area (TPSA) is 103 Å². The van der Waals surface area contributed by atoms with Crippen LogP contribution in [0.4, 0.5) is 8.78 Å². The molecule has 0 aliphatic rings. The first-order chi connectivity index (χ1) is 14.5. The number of carboxylic acids is 1. The van der Waals surface area contributed by atoms with Crippen LogP contribution in [-0.2, 0) is 24.7 Å². The molecule has 0 aliphatic carbocycles. The predicted octanol–water partition coefficient (Wildman–Crippen LogP) is 4.00. The number of hydrogen-bond donors (Lipinski definition) is 3. The molecule has 0 saturated heterocycles. The summed E-state index contributed by atoms with van der Waals surface area (Å²) in [7, 11) is 4.99. The first kappa shape index (κ1) is 23.3. The summed E-state index contributed by atoms with van der Waals surface area (Å²) in [6.45, 7) is 0.184. The molecule has 2 unspecified atom stereocenters. The lowest BCUT2D eigenvalue weighted by atomic mass is 10.00. The van der Waals surface area contributed by atoms with Gasteiger partial charge in [-0.1, -0.05) is 6.07 Å². The van der Waals surface area contributed by atoms with Crippen molar-refractivity contribution in [2.75, 3.05) is 14.1 Å². The molecule has 7 nitrogen and oxygen atoms in total. The highest BCUT2D eigenvalue weighted by Gasteiger charge is 2.34. The number of fused-ring (bicyclic) bond motifs is 1. The van der Waals surface area contributed by atoms with E-state index >= 15 is 0 Å². The van der Waals surface area contributed by atoms with Crippen molar-refractivity contribution < 1.29 is 32.6 Å². The summed E-state index contributed by atoms with van der Waals surface area (Å²) in [6, 6.07) is 4.22. The number of rotatable bonds is 6. The zero-order valence-corrected chi connectivity index (χ0v) is 19.1. The molecule has 1 aromatic heterocycles. The van der Waals surface area contributed by atoms with E-state index in [1.807, 2.05) is 0 Å². The molecular weight excluding hydrogens is 498 g/mol. The number of carbonyl (C=O) groups is 1. The van der Waals surface area contributed by atoms with Crippen LogP contribution < -0.4 is 0 Å². The molecule has 0 amide bonds. The van der Waals surface area contributed by atoms with Gasteiger partial charge in [0.1, 0.15) is 11.0 Å². The Morgan fingerprint density at radius 2 is 1.90 bits per heavy atom. The van der Waals surface area contributed by atoms with E-state index in [9.17, 15) is 32.6 Å². The number of aromatic nitrogens is 1. The lowest BCUT2D eigenvalue weighted by Crippen LogP contribution is -2.16. The number of nitrogens with zero attached hydrogens (tertiary/aromatic N) is 2. The van der Waals surface area contributed by atoms with E-state index in [-0.39, 0.29) is 34.5 Å². The summed E-state index contributed by atoms with van der Waals surface area (Å²) in [5, 5.41) is 19.4. The maximum absolute atomic E-state index is 13.9. The molecule has 0 aliphatic heterocycles. The highest BCUT2D eigenvalue weighted by molar-refractivity contribution is 9.10. The molecule has 0 saturated carbocycles.